The lowest BCUT2D eigenvalue weighted by molar-refractivity contribution is 0.260. The van der Waals surface area contributed by atoms with E-state index in [9.17, 15) is 4.39 Å². The van der Waals surface area contributed by atoms with Gasteiger partial charge in [-0.2, -0.15) is 0 Å². The van der Waals surface area contributed by atoms with Gasteiger partial charge in [0.1, 0.15) is 11.6 Å². The van der Waals surface area contributed by atoms with E-state index in [4.69, 9.17) is 16.3 Å². The number of benzene rings is 1. The van der Waals surface area contributed by atoms with Gasteiger partial charge in [-0.25, -0.2) is 4.39 Å². The van der Waals surface area contributed by atoms with Crippen LogP contribution in [0.4, 0.5) is 4.39 Å². The Morgan fingerprint density at radius 3 is 2.80 bits per heavy atom. The fourth-order valence-electron chi connectivity index (χ4n) is 1.05. The van der Waals surface area contributed by atoms with Crippen molar-refractivity contribution in [2.24, 2.45) is 5.92 Å². The van der Waals surface area contributed by atoms with Gasteiger partial charge in [-0.3, -0.25) is 0 Å². The van der Waals surface area contributed by atoms with Crippen LogP contribution < -0.4 is 4.74 Å². The van der Waals surface area contributed by atoms with E-state index in [-0.39, 0.29) is 5.02 Å². The van der Waals surface area contributed by atoms with Gasteiger partial charge in [-0.15, -0.1) is 0 Å². The highest BCUT2D eigenvalue weighted by Crippen LogP contribution is 2.21. The van der Waals surface area contributed by atoms with E-state index >= 15 is 0 Å². The predicted molar refractivity (Wildman–Crippen MR) is 64.5 cm³/mol. The molecule has 0 heterocycles. The van der Waals surface area contributed by atoms with Gasteiger partial charge in [0, 0.05) is 17.3 Å². The minimum absolute atomic E-state index is 0.0967. The third-order valence-corrected chi connectivity index (χ3v) is 3.38. The minimum Gasteiger partial charge on any atom is -0.493 e. The van der Waals surface area contributed by atoms with Crippen molar-refractivity contribution >= 4 is 27.5 Å². The summed E-state index contributed by atoms with van der Waals surface area (Å²) >= 11 is 9.04. The molecular formula is C11H13BrClFO. The Labute approximate surface area is 103 Å². The smallest absolute Gasteiger partial charge is 0.142 e. The molecule has 0 amide bonds. The molecule has 1 aromatic carbocycles. The molecule has 1 aromatic rings. The monoisotopic (exact) mass is 294 g/mol. The number of ether oxygens (including phenoxy) is 1. The summed E-state index contributed by atoms with van der Waals surface area (Å²) in [5, 5.41) is 0.998. The molecule has 0 saturated carbocycles. The van der Waals surface area contributed by atoms with Crippen LogP contribution in [-0.2, 0) is 0 Å². The van der Waals surface area contributed by atoms with Gasteiger partial charge in [0.05, 0.1) is 11.6 Å². The lowest BCUT2D eigenvalue weighted by Gasteiger charge is -2.13. The Kier molecular flexibility index (Phi) is 5.40. The number of halogens is 3. The number of hydrogen-bond acceptors (Lipinski definition) is 1. The molecule has 0 aromatic heterocycles. The summed E-state index contributed by atoms with van der Waals surface area (Å²) in [6.07, 6.45) is 1.04. The summed E-state index contributed by atoms with van der Waals surface area (Å²) in [5.74, 6) is 0.658. The summed E-state index contributed by atoms with van der Waals surface area (Å²) in [6.45, 7) is 2.72. The van der Waals surface area contributed by atoms with Crippen LogP contribution in [0.1, 0.15) is 13.3 Å². The first-order chi connectivity index (χ1) is 7.17. The minimum atomic E-state index is -0.420. The highest BCUT2D eigenvalue weighted by atomic mass is 79.9. The fraction of sp³-hybridized carbons (Fsp3) is 0.455. The van der Waals surface area contributed by atoms with Gasteiger partial charge in [-0.05, 0) is 18.6 Å². The fourth-order valence-corrected chi connectivity index (χ4v) is 1.87. The standard InChI is InChI=1S/C11H13BrClFO/c1-2-8(6-12)7-15-9-3-4-11(14)10(13)5-9/h3-5,8H,2,6-7H2,1H3. The quantitative estimate of drug-likeness (QED) is 0.737. The molecule has 1 atom stereocenters. The summed E-state index contributed by atoms with van der Waals surface area (Å²) in [4.78, 5) is 0. The van der Waals surface area contributed by atoms with Gasteiger partial charge in [0.15, 0.2) is 0 Å². The molecule has 4 heteroatoms. The molecule has 1 rings (SSSR count). The van der Waals surface area contributed by atoms with Crippen molar-refractivity contribution in [3.63, 3.8) is 0 Å². The van der Waals surface area contributed by atoms with Crippen molar-refractivity contribution in [3.8, 4) is 5.75 Å². The molecule has 1 nitrogen and oxygen atoms in total. The third kappa shape index (κ3) is 3.99. The summed E-state index contributed by atoms with van der Waals surface area (Å²) in [6, 6.07) is 4.40. The van der Waals surface area contributed by atoms with Crippen LogP contribution in [0.5, 0.6) is 5.75 Å². The molecule has 0 aliphatic heterocycles. The molecule has 0 N–H and O–H groups in total. The zero-order valence-electron chi connectivity index (χ0n) is 8.47. The van der Waals surface area contributed by atoms with E-state index < -0.39 is 5.82 Å². The van der Waals surface area contributed by atoms with E-state index in [0.717, 1.165) is 11.8 Å². The third-order valence-electron chi connectivity index (χ3n) is 2.17. The Balaban J connectivity index is 2.54. The maximum absolute atomic E-state index is 12.8. The molecule has 0 aliphatic rings. The van der Waals surface area contributed by atoms with Crippen LogP contribution in [0.25, 0.3) is 0 Å². The Morgan fingerprint density at radius 1 is 1.53 bits per heavy atom. The normalized spacial score (nSPS) is 12.5. The highest BCUT2D eigenvalue weighted by Gasteiger charge is 2.06. The van der Waals surface area contributed by atoms with Crippen molar-refractivity contribution in [3.05, 3.63) is 29.0 Å². The molecule has 15 heavy (non-hydrogen) atoms. The van der Waals surface area contributed by atoms with Crippen LogP contribution in [0.3, 0.4) is 0 Å². The van der Waals surface area contributed by atoms with E-state index in [1.807, 2.05) is 0 Å². The first-order valence-electron chi connectivity index (χ1n) is 4.81. The SMILES string of the molecule is CCC(CBr)COc1ccc(F)c(Cl)c1. The summed E-state index contributed by atoms with van der Waals surface area (Å²) < 4.78 is 18.3. The molecule has 0 saturated heterocycles. The average molecular weight is 296 g/mol. The van der Waals surface area contributed by atoms with Crippen molar-refractivity contribution in [2.75, 3.05) is 11.9 Å². The molecule has 0 bridgehead atoms. The first-order valence-corrected chi connectivity index (χ1v) is 6.31. The van der Waals surface area contributed by atoms with Crippen molar-refractivity contribution < 1.29 is 9.13 Å². The lowest BCUT2D eigenvalue weighted by atomic mass is 10.1. The molecule has 1 unspecified atom stereocenters. The van der Waals surface area contributed by atoms with E-state index in [1.165, 1.54) is 12.1 Å². The van der Waals surface area contributed by atoms with E-state index in [0.29, 0.717) is 18.3 Å². The molecule has 0 radical (unpaired) electrons. The molecule has 0 spiro atoms. The lowest BCUT2D eigenvalue weighted by Crippen LogP contribution is -2.12. The second-order valence-corrected chi connectivity index (χ2v) is 4.37. The van der Waals surface area contributed by atoms with E-state index in [2.05, 4.69) is 22.9 Å². The number of hydrogen-bond donors (Lipinski definition) is 0. The van der Waals surface area contributed by atoms with Gasteiger partial charge >= 0.3 is 0 Å². The Bertz CT molecular complexity index is 315. The molecule has 0 aliphatic carbocycles. The van der Waals surface area contributed by atoms with Gasteiger partial charge in [0.2, 0.25) is 0 Å². The molecular weight excluding hydrogens is 282 g/mol. The van der Waals surface area contributed by atoms with E-state index in [1.54, 1.807) is 6.07 Å². The molecule has 0 fully saturated rings. The zero-order chi connectivity index (χ0) is 11.3. The second kappa shape index (κ2) is 6.33. The largest absolute Gasteiger partial charge is 0.493 e. The summed E-state index contributed by atoms with van der Waals surface area (Å²) in [7, 11) is 0. The van der Waals surface area contributed by atoms with Crippen LogP contribution in [0.2, 0.25) is 5.02 Å². The van der Waals surface area contributed by atoms with Crippen molar-refractivity contribution in [1.29, 1.82) is 0 Å². The predicted octanol–water partition coefficient (Wildman–Crippen LogP) is 4.28. The molecule has 84 valence electrons. The average Bonchev–Trinajstić information content (AvgIpc) is 2.24. The van der Waals surface area contributed by atoms with Crippen LogP contribution in [0, 0.1) is 11.7 Å². The van der Waals surface area contributed by atoms with Crippen LogP contribution in [0.15, 0.2) is 18.2 Å². The highest BCUT2D eigenvalue weighted by molar-refractivity contribution is 9.09. The van der Waals surface area contributed by atoms with Crippen molar-refractivity contribution in [2.45, 2.75) is 13.3 Å². The van der Waals surface area contributed by atoms with Crippen LogP contribution >= 0.6 is 27.5 Å². The topological polar surface area (TPSA) is 9.23 Å². The summed E-state index contributed by atoms with van der Waals surface area (Å²) in [5.41, 5.74) is 0. The number of alkyl halides is 1. The van der Waals surface area contributed by atoms with Crippen molar-refractivity contribution in [1.82, 2.24) is 0 Å². The van der Waals surface area contributed by atoms with Gasteiger partial charge in [-0.1, -0.05) is 34.5 Å². The zero-order valence-corrected chi connectivity index (χ0v) is 10.8. The number of rotatable bonds is 5. The second-order valence-electron chi connectivity index (χ2n) is 3.32. The maximum atomic E-state index is 12.8. The Morgan fingerprint density at radius 2 is 2.27 bits per heavy atom. The Hall–Kier alpha value is -0.280. The maximum Gasteiger partial charge on any atom is 0.142 e. The van der Waals surface area contributed by atoms with Crippen LogP contribution in [-0.4, -0.2) is 11.9 Å². The van der Waals surface area contributed by atoms with Gasteiger partial charge in [0.25, 0.3) is 0 Å². The first kappa shape index (κ1) is 12.8. The van der Waals surface area contributed by atoms with Gasteiger partial charge < -0.3 is 4.74 Å².